The highest BCUT2D eigenvalue weighted by Gasteiger charge is 2.29. The van der Waals surface area contributed by atoms with E-state index in [2.05, 4.69) is 32.4 Å². The summed E-state index contributed by atoms with van der Waals surface area (Å²) in [4.78, 5) is 23.3. The standard InChI is InChI=1S/C27H32ClN5O3/c1-3-12-33-13-9-17(15-33)16-36-22-14-29-10-7-18(22)24-25(23-20(31-24)8-11-30-27(23)34)32-21-6-4-5-19(28)26(21)35-2/h4-7,10,14,17,31-32H,3,8-9,11-13,15-16H2,1-2H3,(H,30,34)/t17-/m1/s1. The molecule has 9 heteroatoms. The smallest absolute Gasteiger partial charge is 0.255 e. The van der Waals surface area contributed by atoms with Crippen molar-refractivity contribution in [2.75, 3.05) is 45.2 Å². The number of amides is 1. The van der Waals surface area contributed by atoms with E-state index in [4.69, 9.17) is 21.1 Å². The fraction of sp³-hybridized carbons (Fsp3) is 0.407. The molecule has 1 fully saturated rings. The van der Waals surface area contributed by atoms with Gasteiger partial charge in [-0.2, -0.15) is 0 Å². The number of rotatable bonds is 9. The number of likely N-dealkylation sites (tertiary alicyclic amines) is 1. The zero-order valence-electron chi connectivity index (χ0n) is 20.7. The van der Waals surface area contributed by atoms with Gasteiger partial charge in [0.25, 0.3) is 5.91 Å². The Morgan fingerprint density at radius 3 is 3.03 bits per heavy atom. The normalized spacial score (nSPS) is 17.5. The second-order valence-corrected chi connectivity index (χ2v) is 9.73. The molecule has 0 aliphatic carbocycles. The average Bonchev–Trinajstić information content (AvgIpc) is 3.48. The number of fused-ring (bicyclic) bond motifs is 1. The van der Waals surface area contributed by atoms with Crippen molar-refractivity contribution in [2.45, 2.75) is 26.2 Å². The molecule has 190 valence electrons. The number of aromatic nitrogens is 2. The lowest BCUT2D eigenvalue weighted by atomic mass is 10.0. The van der Waals surface area contributed by atoms with Crippen LogP contribution in [0.4, 0.5) is 11.4 Å². The van der Waals surface area contributed by atoms with E-state index in [0.29, 0.717) is 59.0 Å². The minimum Gasteiger partial charge on any atom is -0.493 e. The molecule has 2 aromatic heterocycles. The van der Waals surface area contributed by atoms with Crippen LogP contribution in [-0.4, -0.2) is 60.7 Å². The van der Waals surface area contributed by atoms with Crippen LogP contribution in [0, 0.1) is 5.92 Å². The number of anilines is 2. The third-order valence-corrected chi connectivity index (χ3v) is 7.13. The number of methoxy groups -OCH3 is 1. The van der Waals surface area contributed by atoms with Crippen LogP contribution < -0.4 is 20.1 Å². The number of H-pyrrole nitrogens is 1. The Morgan fingerprint density at radius 2 is 2.19 bits per heavy atom. The molecular weight excluding hydrogens is 478 g/mol. The Hall–Kier alpha value is -3.23. The third-order valence-electron chi connectivity index (χ3n) is 6.83. The van der Waals surface area contributed by atoms with E-state index in [1.54, 1.807) is 25.6 Å². The van der Waals surface area contributed by atoms with Crippen LogP contribution in [0.2, 0.25) is 5.02 Å². The summed E-state index contributed by atoms with van der Waals surface area (Å²) < 4.78 is 11.9. The average molecular weight is 510 g/mol. The van der Waals surface area contributed by atoms with Gasteiger partial charge in [-0.15, -0.1) is 0 Å². The first-order chi connectivity index (χ1) is 17.6. The number of aromatic amines is 1. The zero-order chi connectivity index (χ0) is 25.1. The third kappa shape index (κ3) is 4.88. The SMILES string of the molecule is CCCN1CC[C@@H](COc2cnccc2-c2[nH]c3c(c2Nc2cccc(Cl)c2OC)C(=O)NCC3)C1. The quantitative estimate of drug-likeness (QED) is 0.381. The molecule has 1 amide bonds. The maximum Gasteiger partial charge on any atom is 0.255 e. The number of carbonyl (C=O) groups excluding carboxylic acids is 1. The van der Waals surface area contributed by atoms with E-state index >= 15 is 0 Å². The number of pyridine rings is 1. The van der Waals surface area contributed by atoms with Gasteiger partial charge in [0.1, 0.15) is 5.75 Å². The fourth-order valence-electron chi connectivity index (χ4n) is 5.13. The number of para-hydroxylation sites is 1. The maximum absolute atomic E-state index is 13.0. The summed E-state index contributed by atoms with van der Waals surface area (Å²) in [7, 11) is 1.58. The first-order valence-corrected chi connectivity index (χ1v) is 12.9. The fourth-order valence-corrected chi connectivity index (χ4v) is 5.38. The number of hydrogen-bond acceptors (Lipinski definition) is 6. The number of halogens is 1. The van der Waals surface area contributed by atoms with Gasteiger partial charge >= 0.3 is 0 Å². The molecule has 5 rings (SSSR count). The van der Waals surface area contributed by atoms with Gasteiger partial charge in [0, 0.05) is 42.9 Å². The summed E-state index contributed by atoms with van der Waals surface area (Å²) in [5.74, 6) is 1.56. The number of carbonyl (C=O) groups is 1. The Bertz CT molecular complexity index is 1240. The van der Waals surface area contributed by atoms with Gasteiger partial charge in [0.15, 0.2) is 5.75 Å². The summed E-state index contributed by atoms with van der Waals surface area (Å²) in [6, 6.07) is 7.41. The molecule has 3 N–H and O–H groups in total. The van der Waals surface area contributed by atoms with Crippen LogP contribution in [0.15, 0.2) is 36.7 Å². The van der Waals surface area contributed by atoms with Crippen LogP contribution in [-0.2, 0) is 6.42 Å². The molecule has 2 aliphatic heterocycles. The Morgan fingerprint density at radius 1 is 1.31 bits per heavy atom. The van der Waals surface area contributed by atoms with Gasteiger partial charge in [0.05, 0.1) is 47.6 Å². The van der Waals surface area contributed by atoms with Crippen LogP contribution in [0.1, 0.15) is 35.8 Å². The van der Waals surface area contributed by atoms with E-state index < -0.39 is 0 Å². The van der Waals surface area contributed by atoms with Crippen LogP contribution in [0.25, 0.3) is 11.3 Å². The van der Waals surface area contributed by atoms with Crippen molar-refractivity contribution in [3.8, 4) is 22.8 Å². The van der Waals surface area contributed by atoms with E-state index in [0.717, 1.165) is 43.0 Å². The van der Waals surface area contributed by atoms with Crippen molar-refractivity contribution in [3.63, 3.8) is 0 Å². The molecule has 8 nitrogen and oxygen atoms in total. The van der Waals surface area contributed by atoms with Crippen LogP contribution in [0.3, 0.4) is 0 Å². The highest BCUT2D eigenvalue weighted by molar-refractivity contribution is 6.32. The van der Waals surface area contributed by atoms with Gasteiger partial charge in [-0.25, -0.2) is 0 Å². The molecule has 0 radical (unpaired) electrons. The second kappa shape index (κ2) is 10.8. The van der Waals surface area contributed by atoms with Crippen molar-refractivity contribution >= 4 is 28.9 Å². The maximum atomic E-state index is 13.0. The number of hydrogen-bond donors (Lipinski definition) is 3. The predicted octanol–water partition coefficient (Wildman–Crippen LogP) is 4.88. The molecule has 2 aliphatic rings. The van der Waals surface area contributed by atoms with Crippen molar-refractivity contribution in [1.82, 2.24) is 20.2 Å². The van der Waals surface area contributed by atoms with E-state index in [1.165, 1.54) is 6.42 Å². The topological polar surface area (TPSA) is 91.5 Å². The predicted molar refractivity (Wildman–Crippen MR) is 142 cm³/mol. The first-order valence-electron chi connectivity index (χ1n) is 12.5. The number of nitrogens with one attached hydrogen (secondary N) is 3. The molecule has 1 aromatic carbocycles. The minimum atomic E-state index is -0.124. The monoisotopic (exact) mass is 509 g/mol. The Balaban J connectivity index is 1.49. The van der Waals surface area contributed by atoms with E-state index in [-0.39, 0.29) is 5.91 Å². The highest BCUT2D eigenvalue weighted by Crippen LogP contribution is 2.43. The molecule has 0 saturated carbocycles. The molecule has 4 heterocycles. The number of ether oxygens (including phenoxy) is 2. The number of benzene rings is 1. The minimum absolute atomic E-state index is 0.124. The molecular formula is C27H32ClN5O3. The molecule has 0 spiro atoms. The van der Waals surface area contributed by atoms with Crippen LogP contribution in [0.5, 0.6) is 11.5 Å². The molecule has 0 bridgehead atoms. The van der Waals surface area contributed by atoms with Gasteiger partial charge in [-0.3, -0.25) is 9.78 Å². The van der Waals surface area contributed by atoms with Gasteiger partial charge < -0.3 is 30.0 Å². The van der Waals surface area contributed by atoms with Gasteiger partial charge in [-0.1, -0.05) is 24.6 Å². The highest BCUT2D eigenvalue weighted by atomic mass is 35.5. The largest absolute Gasteiger partial charge is 0.493 e. The van der Waals surface area contributed by atoms with Crippen molar-refractivity contribution < 1.29 is 14.3 Å². The first kappa shape index (κ1) is 24.5. The number of nitrogens with zero attached hydrogens (tertiary/aromatic N) is 2. The molecule has 36 heavy (non-hydrogen) atoms. The lowest BCUT2D eigenvalue weighted by molar-refractivity contribution is 0.0947. The zero-order valence-corrected chi connectivity index (χ0v) is 21.5. The summed E-state index contributed by atoms with van der Waals surface area (Å²) in [6.45, 7) is 6.74. The van der Waals surface area contributed by atoms with Crippen molar-refractivity contribution in [3.05, 3.63) is 52.9 Å². The molecule has 1 saturated heterocycles. The molecule has 1 atom stereocenters. The molecule has 3 aromatic rings. The Kier molecular flexibility index (Phi) is 7.34. The van der Waals surface area contributed by atoms with Crippen molar-refractivity contribution in [2.24, 2.45) is 5.92 Å². The summed E-state index contributed by atoms with van der Waals surface area (Å²) >= 11 is 6.37. The van der Waals surface area contributed by atoms with Gasteiger partial charge in [-0.05, 0) is 44.1 Å². The molecule has 0 unspecified atom stereocenters. The van der Waals surface area contributed by atoms with E-state index in [9.17, 15) is 4.79 Å². The summed E-state index contributed by atoms with van der Waals surface area (Å²) in [5.41, 5.74) is 4.42. The lowest BCUT2D eigenvalue weighted by Gasteiger charge is -2.18. The van der Waals surface area contributed by atoms with Crippen molar-refractivity contribution in [1.29, 1.82) is 0 Å². The Labute approximate surface area is 216 Å². The van der Waals surface area contributed by atoms with Crippen LogP contribution >= 0.6 is 11.6 Å². The lowest BCUT2D eigenvalue weighted by Crippen LogP contribution is -2.31. The summed E-state index contributed by atoms with van der Waals surface area (Å²) in [5, 5.41) is 6.87. The summed E-state index contributed by atoms with van der Waals surface area (Å²) in [6.07, 6.45) is 6.49. The van der Waals surface area contributed by atoms with E-state index in [1.807, 2.05) is 18.2 Å². The van der Waals surface area contributed by atoms with Gasteiger partial charge in [0.2, 0.25) is 0 Å². The second-order valence-electron chi connectivity index (χ2n) is 9.32.